The first kappa shape index (κ1) is 12.7. The van der Waals surface area contributed by atoms with Crippen molar-refractivity contribution >= 4 is 27.3 Å². The molecule has 0 N–H and O–H groups in total. The molecule has 0 aliphatic heterocycles. The van der Waals surface area contributed by atoms with Crippen LogP contribution in [-0.4, -0.2) is 10.3 Å². The molecule has 90 valence electrons. The van der Waals surface area contributed by atoms with Crippen molar-refractivity contribution in [3.05, 3.63) is 51.7 Å². The highest BCUT2D eigenvalue weighted by Crippen LogP contribution is 2.24. The van der Waals surface area contributed by atoms with Crippen LogP contribution >= 0.6 is 27.3 Å². The van der Waals surface area contributed by atoms with Crippen molar-refractivity contribution in [2.75, 3.05) is 5.33 Å². The predicted octanol–water partition coefficient (Wildman–Crippen LogP) is 4.31. The minimum atomic E-state index is -0.188. The number of aryl methyl sites for hydroxylation is 1. The number of thiazole rings is 1. The highest BCUT2D eigenvalue weighted by molar-refractivity contribution is 9.09. The lowest BCUT2D eigenvalue weighted by molar-refractivity contribution is 0.625. The first-order chi connectivity index (χ1) is 8.19. The van der Waals surface area contributed by atoms with Crippen LogP contribution in [0.4, 0.5) is 4.39 Å². The van der Waals surface area contributed by atoms with Gasteiger partial charge in [-0.05, 0) is 37.0 Å². The normalized spacial score (nSPS) is 12.6. The SMILES string of the molecule is Cc1nc(CC(CBr)c2ccc(F)cc2)cs1. The fourth-order valence-corrected chi connectivity index (χ4v) is 2.98. The van der Waals surface area contributed by atoms with E-state index in [1.807, 2.05) is 19.1 Å². The molecule has 1 aromatic heterocycles. The maximum atomic E-state index is 12.9. The summed E-state index contributed by atoms with van der Waals surface area (Å²) < 4.78 is 12.9. The lowest BCUT2D eigenvalue weighted by Crippen LogP contribution is -2.05. The quantitative estimate of drug-likeness (QED) is 0.766. The van der Waals surface area contributed by atoms with Crippen LogP contribution in [-0.2, 0) is 6.42 Å². The maximum absolute atomic E-state index is 12.9. The van der Waals surface area contributed by atoms with Crippen LogP contribution in [0.5, 0.6) is 0 Å². The van der Waals surface area contributed by atoms with Gasteiger partial charge in [0.05, 0.1) is 10.7 Å². The Bertz CT molecular complexity index is 480. The summed E-state index contributed by atoms with van der Waals surface area (Å²) in [6.45, 7) is 2.01. The average molecular weight is 314 g/mol. The Morgan fingerprint density at radius 3 is 2.59 bits per heavy atom. The molecule has 1 atom stereocenters. The van der Waals surface area contributed by atoms with Gasteiger partial charge in [-0.25, -0.2) is 9.37 Å². The fourth-order valence-electron chi connectivity index (χ4n) is 1.75. The molecule has 0 radical (unpaired) electrons. The van der Waals surface area contributed by atoms with E-state index in [0.29, 0.717) is 5.92 Å². The van der Waals surface area contributed by atoms with Gasteiger partial charge < -0.3 is 0 Å². The Labute approximate surface area is 113 Å². The van der Waals surface area contributed by atoms with Crippen molar-refractivity contribution in [1.29, 1.82) is 0 Å². The highest BCUT2D eigenvalue weighted by atomic mass is 79.9. The van der Waals surface area contributed by atoms with Crippen molar-refractivity contribution in [1.82, 2.24) is 4.98 Å². The first-order valence-corrected chi connectivity index (χ1v) is 7.41. The van der Waals surface area contributed by atoms with Crippen LogP contribution in [0.25, 0.3) is 0 Å². The van der Waals surface area contributed by atoms with E-state index in [9.17, 15) is 4.39 Å². The molecule has 0 saturated heterocycles. The van der Waals surface area contributed by atoms with Crippen LogP contribution < -0.4 is 0 Å². The fraction of sp³-hybridized carbons (Fsp3) is 0.308. The summed E-state index contributed by atoms with van der Waals surface area (Å²) in [5, 5.41) is 4.04. The van der Waals surface area contributed by atoms with Crippen LogP contribution in [0, 0.1) is 12.7 Å². The zero-order chi connectivity index (χ0) is 12.3. The lowest BCUT2D eigenvalue weighted by atomic mass is 9.96. The summed E-state index contributed by atoms with van der Waals surface area (Å²) >= 11 is 5.19. The van der Waals surface area contributed by atoms with Crippen molar-refractivity contribution in [2.45, 2.75) is 19.3 Å². The summed E-state index contributed by atoms with van der Waals surface area (Å²) in [7, 11) is 0. The van der Waals surface area contributed by atoms with E-state index in [1.54, 1.807) is 11.3 Å². The van der Waals surface area contributed by atoms with Gasteiger partial charge in [-0.3, -0.25) is 0 Å². The van der Waals surface area contributed by atoms with Crippen molar-refractivity contribution in [3.8, 4) is 0 Å². The van der Waals surface area contributed by atoms with Gasteiger partial charge in [-0.1, -0.05) is 28.1 Å². The Kier molecular flexibility index (Phi) is 4.29. The molecule has 1 heterocycles. The van der Waals surface area contributed by atoms with E-state index in [0.717, 1.165) is 28.0 Å². The van der Waals surface area contributed by atoms with E-state index in [1.165, 1.54) is 12.1 Å². The Morgan fingerprint density at radius 2 is 2.06 bits per heavy atom. The third-order valence-electron chi connectivity index (χ3n) is 2.65. The van der Waals surface area contributed by atoms with Gasteiger partial charge >= 0.3 is 0 Å². The molecule has 2 rings (SSSR count). The van der Waals surface area contributed by atoms with Gasteiger partial charge in [0, 0.05) is 10.7 Å². The Balaban J connectivity index is 2.13. The van der Waals surface area contributed by atoms with Crippen LogP contribution in [0.1, 0.15) is 22.2 Å². The Morgan fingerprint density at radius 1 is 1.35 bits per heavy atom. The molecule has 4 heteroatoms. The predicted molar refractivity (Wildman–Crippen MR) is 73.5 cm³/mol. The zero-order valence-corrected chi connectivity index (χ0v) is 11.9. The minimum absolute atomic E-state index is 0.188. The van der Waals surface area contributed by atoms with E-state index < -0.39 is 0 Å². The van der Waals surface area contributed by atoms with Gasteiger partial charge in [0.15, 0.2) is 0 Å². The molecule has 0 bridgehead atoms. The molecule has 17 heavy (non-hydrogen) atoms. The second kappa shape index (κ2) is 5.74. The number of aromatic nitrogens is 1. The molecule has 0 amide bonds. The lowest BCUT2D eigenvalue weighted by Gasteiger charge is -2.12. The monoisotopic (exact) mass is 313 g/mol. The number of hydrogen-bond acceptors (Lipinski definition) is 2. The summed E-state index contributed by atoms with van der Waals surface area (Å²) in [5.74, 6) is 0.156. The van der Waals surface area contributed by atoms with Crippen LogP contribution in [0.15, 0.2) is 29.6 Å². The molecule has 0 aliphatic carbocycles. The van der Waals surface area contributed by atoms with E-state index in [-0.39, 0.29) is 5.82 Å². The summed E-state index contributed by atoms with van der Waals surface area (Å²) in [5.41, 5.74) is 2.26. The molecule has 0 fully saturated rings. The smallest absolute Gasteiger partial charge is 0.123 e. The van der Waals surface area contributed by atoms with Crippen molar-refractivity contribution in [3.63, 3.8) is 0 Å². The molecule has 1 nitrogen and oxygen atoms in total. The first-order valence-electron chi connectivity index (χ1n) is 5.41. The molecular formula is C13H13BrFNS. The third-order valence-corrected chi connectivity index (χ3v) is 4.25. The molecule has 1 aromatic carbocycles. The molecule has 0 saturated carbocycles. The molecule has 0 aliphatic rings. The topological polar surface area (TPSA) is 12.9 Å². The second-order valence-corrected chi connectivity index (χ2v) is 5.67. The number of rotatable bonds is 4. The highest BCUT2D eigenvalue weighted by Gasteiger charge is 2.12. The molecular weight excluding hydrogens is 301 g/mol. The van der Waals surface area contributed by atoms with Gasteiger partial charge in [0.1, 0.15) is 5.82 Å². The van der Waals surface area contributed by atoms with Crippen LogP contribution in [0.3, 0.4) is 0 Å². The van der Waals surface area contributed by atoms with Gasteiger partial charge in [0.25, 0.3) is 0 Å². The number of halogens is 2. The molecule has 0 spiro atoms. The van der Waals surface area contributed by atoms with Gasteiger partial charge in [-0.15, -0.1) is 11.3 Å². The number of nitrogens with zero attached hydrogens (tertiary/aromatic N) is 1. The largest absolute Gasteiger partial charge is 0.247 e. The summed E-state index contributed by atoms with van der Waals surface area (Å²) in [4.78, 5) is 4.47. The second-order valence-electron chi connectivity index (χ2n) is 3.96. The van der Waals surface area contributed by atoms with E-state index >= 15 is 0 Å². The third kappa shape index (κ3) is 3.36. The van der Waals surface area contributed by atoms with Crippen molar-refractivity contribution in [2.24, 2.45) is 0 Å². The average Bonchev–Trinajstić information content (AvgIpc) is 2.73. The number of benzene rings is 1. The minimum Gasteiger partial charge on any atom is -0.247 e. The summed E-state index contributed by atoms with van der Waals surface area (Å²) in [6, 6.07) is 6.72. The number of hydrogen-bond donors (Lipinski definition) is 0. The Hall–Kier alpha value is -0.740. The van der Waals surface area contributed by atoms with Gasteiger partial charge in [-0.2, -0.15) is 0 Å². The zero-order valence-electron chi connectivity index (χ0n) is 9.49. The maximum Gasteiger partial charge on any atom is 0.123 e. The van der Waals surface area contributed by atoms with E-state index in [2.05, 4.69) is 26.3 Å². The van der Waals surface area contributed by atoms with Crippen molar-refractivity contribution < 1.29 is 4.39 Å². The van der Waals surface area contributed by atoms with E-state index in [4.69, 9.17) is 0 Å². The molecule has 2 aromatic rings. The molecule has 1 unspecified atom stereocenters. The number of alkyl halides is 1. The standard InChI is InChI=1S/C13H13BrFNS/c1-9-16-13(8-17-9)6-11(7-14)10-2-4-12(15)5-3-10/h2-5,8,11H,6-7H2,1H3. The van der Waals surface area contributed by atoms with Crippen LogP contribution in [0.2, 0.25) is 0 Å². The van der Waals surface area contributed by atoms with Gasteiger partial charge in [0.2, 0.25) is 0 Å². The summed E-state index contributed by atoms with van der Waals surface area (Å²) in [6.07, 6.45) is 0.890.